The lowest BCUT2D eigenvalue weighted by Crippen LogP contribution is -2.25. The van der Waals surface area contributed by atoms with Gasteiger partial charge in [-0.25, -0.2) is 4.98 Å². The van der Waals surface area contributed by atoms with Crippen LogP contribution in [0.3, 0.4) is 0 Å². The standard InChI is InChI=1S/C24H26ClN3O4S/c1-16(17-6-4-3-5-7-17)14-23(29)27-24-19-8-11-22(26-21(19)10-9-20(24)25)28-13-12-18(15-28)32-33(2,30)31/h3-11,16,18H,12-15H2,1-2H3,(H,27,29)/t16?,18-/m1/s1. The van der Waals surface area contributed by atoms with Crippen molar-refractivity contribution in [3.05, 3.63) is 65.2 Å². The molecule has 1 unspecified atom stereocenters. The van der Waals surface area contributed by atoms with Crippen LogP contribution in [0, 0.1) is 0 Å². The molecule has 1 aliphatic heterocycles. The van der Waals surface area contributed by atoms with Gasteiger partial charge in [0.1, 0.15) is 5.82 Å². The number of hydrogen-bond donors (Lipinski definition) is 1. The van der Waals surface area contributed by atoms with Gasteiger partial charge in [0.05, 0.1) is 28.6 Å². The van der Waals surface area contributed by atoms with Crippen molar-refractivity contribution in [1.29, 1.82) is 0 Å². The van der Waals surface area contributed by atoms with Gasteiger partial charge in [-0.3, -0.25) is 8.98 Å². The van der Waals surface area contributed by atoms with Gasteiger partial charge in [-0.1, -0.05) is 48.9 Å². The summed E-state index contributed by atoms with van der Waals surface area (Å²) in [7, 11) is -3.50. The molecule has 1 N–H and O–H groups in total. The average molecular weight is 488 g/mol. The third-order valence-electron chi connectivity index (χ3n) is 5.71. The normalized spacial score (nSPS) is 17.3. The van der Waals surface area contributed by atoms with Crippen molar-refractivity contribution in [2.75, 3.05) is 29.6 Å². The Morgan fingerprint density at radius 3 is 2.70 bits per heavy atom. The fraction of sp³-hybridized carbons (Fsp3) is 0.333. The molecule has 0 spiro atoms. The Balaban J connectivity index is 1.50. The molecule has 0 radical (unpaired) electrons. The van der Waals surface area contributed by atoms with E-state index in [2.05, 4.69) is 5.32 Å². The third kappa shape index (κ3) is 5.82. The van der Waals surface area contributed by atoms with Crippen LogP contribution in [0.1, 0.15) is 31.2 Å². The van der Waals surface area contributed by atoms with E-state index in [9.17, 15) is 13.2 Å². The number of nitrogens with one attached hydrogen (secondary N) is 1. The van der Waals surface area contributed by atoms with Gasteiger partial charge in [0.2, 0.25) is 5.91 Å². The van der Waals surface area contributed by atoms with Crippen LogP contribution < -0.4 is 10.2 Å². The van der Waals surface area contributed by atoms with Gasteiger partial charge in [-0.15, -0.1) is 0 Å². The first-order valence-corrected chi connectivity index (χ1v) is 13.0. The highest BCUT2D eigenvalue weighted by Gasteiger charge is 2.27. The smallest absolute Gasteiger partial charge is 0.264 e. The molecule has 174 valence electrons. The fourth-order valence-corrected chi connectivity index (χ4v) is 4.96. The zero-order chi connectivity index (χ0) is 23.6. The number of anilines is 2. The first-order valence-electron chi connectivity index (χ1n) is 10.8. The second kappa shape index (κ2) is 9.67. The van der Waals surface area contributed by atoms with Gasteiger partial charge in [-0.05, 0) is 42.2 Å². The van der Waals surface area contributed by atoms with Crippen LogP contribution in [-0.4, -0.2) is 44.8 Å². The maximum Gasteiger partial charge on any atom is 0.264 e. The monoisotopic (exact) mass is 487 g/mol. The highest BCUT2D eigenvalue weighted by Crippen LogP contribution is 2.33. The zero-order valence-corrected chi connectivity index (χ0v) is 20.1. The second-order valence-electron chi connectivity index (χ2n) is 8.38. The molecule has 0 bridgehead atoms. The molecule has 9 heteroatoms. The number of fused-ring (bicyclic) bond motifs is 1. The number of carbonyl (C=O) groups excluding carboxylic acids is 1. The third-order valence-corrected chi connectivity index (χ3v) is 6.65. The van der Waals surface area contributed by atoms with Gasteiger partial charge in [0, 0.05) is 24.9 Å². The van der Waals surface area contributed by atoms with E-state index < -0.39 is 10.1 Å². The summed E-state index contributed by atoms with van der Waals surface area (Å²) in [4.78, 5) is 19.5. The number of amides is 1. The van der Waals surface area contributed by atoms with Crippen LogP contribution in [-0.2, 0) is 19.1 Å². The fourth-order valence-electron chi connectivity index (χ4n) is 4.10. The lowest BCUT2D eigenvalue weighted by Gasteiger charge is -2.19. The summed E-state index contributed by atoms with van der Waals surface area (Å²) < 4.78 is 27.9. The molecule has 1 fully saturated rings. The Hall–Kier alpha value is -2.68. The van der Waals surface area contributed by atoms with Gasteiger partial charge in [-0.2, -0.15) is 8.42 Å². The molecule has 0 aliphatic carbocycles. The summed E-state index contributed by atoms with van der Waals surface area (Å²) in [6.45, 7) is 3.11. The van der Waals surface area contributed by atoms with E-state index in [0.717, 1.165) is 23.0 Å². The number of carbonyl (C=O) groups is 1. The van der Waals surface area contributed by atoms with Gasteiger partial charge < -0.3 is 10.2 Å². The van der Waals surface area contributed by atoms with Crippen molar-refractivity contribution in [1.82, 2.24) is 4.98 Å². The predicted molar refractivity (Wildman–Crippen MR) is 131 cm³/mol. The van der Waals surface area contributed by atoms with Crippen LogP contribution in [0.4, 0.5) is 11.5 Å². The van der Waals surface area contributed by atoms with Crippen LogP contribution in [0.2, 0.25) is 5.02 Å². The Morgan fingerprint density at radius 2 is 1.97 bits per heavy atom. The number of pyridine rings is 1. The van der Waals surface area contributed by atoms with E-state index in [1.807, 2.05) is 60.4 Å². The maximum absolute atomic E-state index is 12.8. The number of rotatable bonds is 7. The second-order valence-corrected chi connectivity index (χ2v) is 10.4. The van der Waals surface area contributed by atoms with E-state index in [4.69, 9.17) is 20.8 Å². The molecule has 1 saturated heterocycles. The Labute approximate surface area is 198 Å². The topological polar surface area (TPSA) is 88.6 Å². The number of aromatic nitrogens is 1. The number of benzene rings is 2. The Morgan fingerprint density at radius 1 is 1.21 bits per heavy atom. The molecule has 33 heavy (non-hydrogen) atoms. The summed E-state index contributed by atoms with van der Waals surface area (Å²) in [6.07, 6.45) is 1.61. The molecular weight excluding hydrogens is 462 g/mol. The molecule has 2 atom stereocenters. The van der Waals surface area contributed by atoms with Crippen molar-refractivity contribution >= 4 is 50.0 Å². The van der Waals surface area contributed by atoms with Crippen LogP contribution >= 0.6 is 11.6 Å². The SMILES string of the molecule is CC(CC(=O)Nc1c(Cl)ccc2nc(N3CC[C@@H](OS(C)(=O)=O)C3)ccc12)c1ccccc1. The first-order chi connectivity index (χ1) is 15.7. The van der Waals surface area contributed by atoms with Crippen LogP contribution in [0.5, 0.6) is 0 Å². The minimum atomic E-state index is -3.50. The highest BCUT2D eigenvalue weighted by atomic mass is 35.5. The lowest BCUT2D eigenvalue weighted by molar-refractivity contribution is -0.116. The quantitative estimate of drug-likeness (QED) is 0.491. The molecule has 2 heterocycles. The van der Waals surface area contributed by atoms with Crippen molar-refractivity contribution in [2.45, 2.75) is 31.8 Å². The predicted octanol–water partition coefficient (Wildman–Crippen LogP) is 4.58. The number of hydrogen-bond acceptors (Lipinski definition) is 6. The van der Waals surface area contributed by atoms with Crippen LogP contribution in [0.15, 0.2) is 54.6 Å². The minimum Gasteiger partial charge on any atom is -0.354 e. The molecule has 4 rings (SSSR count). The molecule has 0 saturated carbocycles. The van der Waals surface area contributed by atoms with Gasteiger partial charge in [0.15, 0.2) is 0 Å². The van der Waals surface area contributed by atoms with Crippen molar-refractivity contribution in [3.8, 4) is 0 Å². The summed E-state index contributed by atoms with van der Waals surface area (Å²) in [5.41, 5.74) is 2.33. The lowest BCUT2D eigenvalue weighted by atomic mass is 9.97. The van der Waals surface area contributed by atoms with Crippen molar-refractivity contribution in [2.24, 2.45) is 0 Å². The summed E-state index contributed by atoms with van der Waals surface area (Å²) in [5, 5.41) is 4.15. The zero-order valence-electron chi connectivity index (χ0n) is 18.5. The molecule has 7 nitrogen and oxygen atoms in total. The Bertz CT molecular complexity index is 1270. The molecule has 1 aromatic heterocycles. The maximum atomic E-state index is 12.8. The molecule has 3 aromatic rings. The Kier molecular flexibility index (Phi) is 6.88. The summed E-state index contributed by atoms with van der Waals surface area (Å²) in [6, 6.07) is 17.2. The molecular formula is C24H26ClN3O4S. The largest absolute Gasteiger partial charge is 0.354 e. The number of halogens is 1. The first kappa shape index (κ1) is 23.5. The van der Waals surface area contributed by atoms with Gasteiger partial charge in [0.25, 0.3) is 10.1 Å². The molecule has 2 aromatic carbocycles. The number of nitrogens with zero attached hydrogens (tertiary/aromatic N) is 2. The average Bonchev–Trinajstić information content (AvgIpc) is 3.22. The highest BCUT2D eigenvalue weighted by molar-refractivity contribution is 7.86. The van der Waals surface area contributed by atoms with E-state index >= 15 is 0 Å². The van der Waals surface area contributed by atoms with E-state index in [0.29, 0.717) is 42.2 Å². The summed E-state index contributed by atoms with van der Waals surface area (Å²) >= 11 is 6.42. The van der Waals surface area contributed by atoms with E-state index in [-0.39, 0.29) is 17.9 Å². The van der Waals surface area contributed by atoms with Crippen LogP contribution in [0.25, 0.3) is 10.9 Å². The molecule has 1 aliphatic rings. The van der Waals surface area contributed by atoms with E-state index in [1.54, 1.807) is 6.07 Å². The van der Waals surface area contributed by atoms with Crippen molar-refractivity contribution in [3.63, 3.8) is 0 Å². The van der Waals surface area contributed by atoms with Gasteiger partial charge >= 0.3 is 0 Å². The summed E-state index contributed by atoms with van der Waals surface area (Å²) in [5.74, 6) is 0.673. The van der Waals surface area contributed by atoms with E-state index in [1.165, 1.54) is 0 Å². The molecule has 1 amide bonds. The minimum absolute atomic E-state index is 0.0712. The van der Waals surface area contributed by atoms with Crippen molar-refractivity contribution < 1.29 is 17.4 Å².